The molecule has 1 atom stereocenters. The fraction of sp³-hybridized carbons (Fsp3) is 0.923. The molecule has 0 bridgehead atoms. The number of hydrogen-bond donors (Lipinski definition) is 2. The first kappa shape index (κ1) is 12.8. The van der Waals surface area contributed by atoms with Crippen LogP contribution in [0, 0.1) is 11.8 Å². The van der Waals surface area contributed by atoms with Gasteiger partial charge in [0.05, 0.1) is 6.54 Å². The van der Waals surface area contributed by atoms with Gasteiger partial charge >= 0.3 is 0 Å². The molecule has 1 unspecified atom stereocenters. The number of likely N-dealkylation sites (tertiary alicyclic amines) is 1. The maximum absolute atomic E-state index is 11.7. The first-order valence-electron chi connectivity index (χ1n) is 6.97. The lowest BCUT2D eigenvalue weighted by Gasteiger charge is -2.32. The van der Waals surface area contributed by atoms with Gasteiger partial charge in [-0.05, 0) is 57.0 Å². The number of nitrogens with one attached hydrogen (secondary N) is 1. The van der Waals surface area contributed by atoms with Gasteiger partial charge < -0.3 is 11.1 Å². The molecular formula is C13H25N3O. The van der Waals surface area contributed by atoms with Crippen LogP contribution < -0.4 is 11.1 Å². The highest BCUT2D eigenvalue weighted by Crippen LogP contribution is 2.27. The van der Waals surface area contributed by atoms with Crippen molar-refractivity contribution in [2.75, 3.05) is 32.7 Å². The van der Waals surface area contributed by atoms with Crippen molar-refractivity contribution in [2.45, 2.75) is 32.1 Å². The molecule has 2 rings (SSSR count). The SMILES string of the molecule is NCCC1CCCN(CC(=O)NCC2CC2)C1. The molecule has 1 aliphatic carbocycles. The number of carbonyl (C=O) groups is 1. The largest absolute Gasteiger partial charge is 0.355 e. The molecular weight excluding hydrogens is 214 g/mol. The summed E-state index contributed by atoms with van der Waals surface area (Å²) < 4.78 is 0. The third kappa shape index (κ3) is 4.64. The minimum atomic E-state index is 0.199. The van der Waals surface area contributed by atoms with Gasteiger partial charge in [0.2, 0.25) is 5.91 Å². The number of carbonyl (C=O) groups excluding carboxylic acids is 1. The normalized spacial score (nSPS) is 25.8. The molecule has 0 aromatic heterocycles. The Morgan fingerprint density at radius 2 is 2.12 bits per heavy atom. The molecule has 2 aliphatic rings. The molecule has 1 heterocycles. The summed E-state index contributed by atoms with van der Waals surface area (Å²) >= 11 is 0. The number of nitrogens with two attached hydrogens (primary N) is 1. The van der Waals surface area contributed by atoms with Crippen LogP contribution >= 0.6 is 0 Å². The Kier molecular flexibility index (Phi) is 4.80. The average molecular weight is 239 g/mol. The monoisotopic (exact) mass is 239 g/mol. The van der Waals surface area contributed by atoms with Crippen LogP contribution in [0.1, 0.15) is 32.1 Å². The summed E-state index contributed by atoms with van der Waals surface area (Å²) in [4.78, 5) is 14.0. The third-order valence-corrected chi connectivity index (χ3v) is 3.83. The zero-order chi connectivity index (χ0) is 12.1. The van der Waals surface area contributed by atoms with E-state index in [1.807, 2.05) is 0 Å². The lowest BCUT2D eigenvalue weighted by molar-refractivity contribution is -0.122. The van der Waals surface area contributed by atoms with Gasteiger partial charge in [0.25, 0.3) is 0 Å². The quantitative estimate of drug-likeness (QED) is 0.712. The highest BCUT2D eigenvalue weighted by Gasteiger charge is 2.23. The fourth-order valence-electron chi connectivity index (χ4n) is 2.61. The molecule has 1 saturated heterocycles. The van der Waals surface area contributed by atoms with E-state index in [0.29, 0.717) is 12.5 Å². The molecule has 0 aromatic rings. The fourth-order valence-corrected chi connectivity index (χ4v) is 2.61. The van der Waals surface area contributed by atoms with Crippen molar-refractivity contribution in [1.29, 1.82) is 0 Å². The molecule has 3 N–H and O–H groups in total. The third-order valence-electron chi connectivity index (χ3n) is 3.83. The van der Waals surface area contributed by atoms with Crippen molar-refractivity contribution in [1.82, 2.24) is 10.2 Å². The second-order valence-electron chi connectivity index (χ2n) is 5.57. The van der Waals surface area contributed by atoms with E-state index in [1.54, 1.807) is 0 Å². The van der Waals surface area contributed by atoms with E-state index < -0.39 is 0 Å². The summed E-state index contributed by atoms with van der Waals surface area (Å²) in [6.45, 7) is 4.35. The first-order valence-corrected chi connectivity index (χ1v) is 6.97. The molecule has 1 amide bonds. The second-order valence-corrected chi connectivity index (χ2v) is 5.57. The van der Waals surface area contributed by atoms with Gasteiger partial charge in [-0.3, -0.25) is 9.69 Å². The molecule has 1 saturated carbocycles. The van der Waals surface area contributed by atoms with Crippen LogP contribution in [0.4, 0.5) is 0 Å². The van der Waals surface area contributed by atoms with Crippen LogP contribution in [0.25, 0.3) is 0 Å². The predicted octanol–water partition coefficient (Wildman–Crippen LogP) is 0.573. The lowest BCUT2D eigenvalue weighted by Crippen LogP contribution is -2.43. The number of nitrogens with zero attached hydrogens (tertiary/aromatic N) is 1. The van der Waals surface area contributed by atoms with Gasteiger partial charge in [-0.1, -0.05) is 0 Å². The first-order chi connectivity index (χ1) is 8.28. The van der Waals surface area contributed by atoms with E-state index in [0.717, 1.165) is 38.5 Å². The van der Waals surface area contributed by atoms with Crippen LogP contribution in [0.2, 0.25) is 0 Å². The minimum absolute atomic E-state index is 0.199. The lowest BCUT2D eigenvalue weighted by atomic mass is 9.95. The van der Waals surface area contributed by atoms with E-state index in [1.165, 1.54) is 25.7 Å². The van der Waals surface area contributed by atoms with Crippen LogP contribution in [-0.4, -0.2) is 43.5 Å². The van der Waals surface area contributed by atoms with Crippen molar-refractivity contribution in [3.63, 3.8) is 0 Å². The number of hydrogen-bond acceptors (Lipinski definition) is 3. The Balaban J connectivity index is 1.64. The summed E-state index contributed by atoms with van der Waals surface area (Å²) in [6, 6.07) is 0. The Hall–Kier alpha value is -0.610. The van der Waals surface area contributed by atoms with Crippen molar-refractivity contribution in [2.24, 2.45) is 17.6 Å². The predicted molar refractivity (Wildman–Crippen MR) is 68.6 cm³/mol. The van der Waals surface area contributed by atoms with E-state index >= 15 is 0 Å². The van der Waals surface area contributed by atoms with E-state index in [4.69, 9.17) is 5.73 Å². The van der Waals surface area contributed by atoms with Crippen LogP contribution in [0.15, 0.2) is 0 Å². The maximum atomic E-state index is 11.7. The summed E-state index contributed by atoms with van der Waals surface area (Å²) in [7, 11) is 0. The van der Waals surface area contributed by atoms with Crippen molar-refractivity contribution in [3.8, 4) is 0 Å². The molecule has 0 aromatic carbocycles. The Labute approximate surface area is 104 Å². The zero-order valence-electron chi connectivity index (χ0n) is 10.7. The smallest absolute Gasteiger partial charge is 0.234 e. The average Bonchev–Trinajstić information content (AvgIpc) is 3.11. The number of piperidine rings is 1. The molecule has 98 valence electrons. The van der Waals surface area contributed by atoms with E-state index in [-0.39, 0.29) is 5.91 Å². The summed E-state index contributed by atoms with van der Waals surface area (Å²) in [5.74, 6) is 1.67. The highest BCUT2D eigenvalue weighted by atomic mass is 16.2. The minimum Gasteiger partial charge on any atom is -0.355 e. The van der Waals surface area contributed by atoms with Gasteiger partial charge in [0, 0.05) is 13.1 Å². The zero-order valence-corrected chi connectivity index (χ0v) is 10.7. The van der Waals surface area contributed by atoms with E-state index in [2.05, 4.69) is 10.2 Å². The summed E-state index contributed by atoms with van der Waals surface area (Å²) in [5.41, 5.74) is 5.60. The highest BCUT2D eigenvalue weighted by molar-refractivity contribution is 5.78. The van der Waals surface area contributed by atoms with Gasteiger partial charge in [0.1, 0.15) is 0 Å². The topological polar surface area (TPSA) is 58.4 Å². The van der Waals surface area contributed by atoms with Gasteiger partial charge in [-0.25, -0.2) is 0 Å². The Morgan fingerprint density at radius 1 is 1.29 bits per heavy atom. The molecule has 4 heteroatoms. The van der Waals surface area contributed by atoms with Gasteiger partial charge in [-0.15, -0.1) is 0 Å². The van der Waals surface area contributed by atoms with Gasteiger partial charge in [-0.2, -0.15) is 0 Å². The number of rotatable bonds is 6. The van der Waals surface area contributed by atoms with Crippen LogP contribution in [0.5, 0.6) is 0 Å². The summed E-state index contributed by atoms with van der Waals surface area (Å²) in [6.07, 6.45) is 6.17. The van der Waals surface area contributed by atoms with E-state index in [9.17, 15) is 4.79 Å². The van der Waals surface area contributed by atoms with Crippen molar-refractivity contribution in [3.05, 3.63) is 0 Å². The Bertz CT molecular complexity index is 251. The standard InChI is InChI=1S/C13H25N3O/c14-6-5-12-2-1-7-16(9-12)10-13(17)15-8-11-3-4-11/h11-12H,1-10,14H2,(H,15,17). The molecule has 4 nitrogen and oxygen atoms in total. The van der Waals surface area contributed by atoms with Crippen molar-refractivity contribution < 1.29 is 4.79 Å². The molecule has 2 fully saturated rings. The molecule has 0 radical (unpaired) electrons. The van der Waals surface area contributed by atoms with Gasteiger partial charge in [0.15, 0.2) is 0 Å². The second kappa shape index (κ2) is 6.36. The van der Waals surface area contributed by atoms with Crippen LogP contribution in [-0.2, 0) is 4.79 Å². The molecule has 17 heavy (non-hydrogen) atoms. The number of amides is 1. The summed E-state index contributed by atoms with van der Waals surface area (Å²) in [5, 5.41) is 3.03. The molecule has 1 aliphatic heterocycles. The Morgan fingerprint density at radius 3 is 2.82 bits per heavy atom. The van der Waals surface area contributed by atoms with Crippen molar-refractivity contribution >= 4 is 5.91 Å². The van der Waals surface area contributed by atoms with Crippen LogP contribution in [0.3, 0.4) is 0 Å². The molecule has 0 spiro atoms. The maximum Gasteiger partial charge on any atom is 0.234 e.